The summed E-state index contributed by atoms with van der Waals surface area (Å²) in [5.41, 5.74) is 0.611. The van der Waals surface area contributed by atoms with Gasteiger partial charge in [0.25, 0.3) is 17.3 Å². The first-order valence-electron chi connectivity index (χ1n) is 9.93. The molecule has 0 spiro atoms. The van der Waals surface area contributed by atoms with Crippen molar-refractivity contribution in [3.8, 4) is 11.4 Å². The molecule has 0 bridgehead atoms. The van der Waals surface area contributed by atoms with Gasteiger partial charge in [-0.3, -0.25) is 25.0 Å². The molecule has 0 saturated carbocycles. The zero-order valence-corrected chi connectivity index (χ0v) is 17.5. The van der Waals surface area contributed by atoms with Crippen LogP contribution in [0.2, 0.25) is 0 Å². The predicted octanol–water partition coefficient (Wildman–Crippen LogP) is 4.04. The number of carbonyl (C=O) groups excluding carboxylic acids is 1. The Kier molecular flexibility index (Phi) is 6.88. The lowest BCUT2D eigenvalue weighted by Gasteiger charge is -2.28. The second-order valence-corrected chi connectivity index (χ2v) is 7.13. The summed E-state index contributed by atoms with van der Waals surface area (Å²) >= 11 is 0. The molecule has 1 atom stereocenters. The molecule has 0 N–H and O–H groups in total. The third kappa shape index (κ3) is 5.12. The van der Waals surface area contributed by atoms with Gasteiger partial charge in [-0.05, 0) is 31.5 Å². The number of amides is 1. The number of nitrogens with zero attached hydrogens (tertiary/aromatic N) is 5. The van der Waals surface area contributed by atoms with E-state index in [1.807, 2.05) is 13.8 Å². The zero-order valence-electron chi connectivity index (χ0n) is 17.5. The maximum atomic E-state index is 13.0. The molecule has 0 fully saturated rings. The number of hydrogen-bond acceptors (Lipinski definition) is 8. The van der Waals surface area contributed by atoms with E-state index >= 15 is 0 Å². The van der Waals surface area contributed by atoms with E-state index in [-0.39, 0.29) is 47.7 Å². The molecule has 2 aromatic carbocycles. The lowest BCUT2D eigenvalue weighted by molar-refractivity contribution is -0.385. The van der Waals surface area contributed by atoms with Crippen molar-refractivity contribution < 1.29 is 19.2 Å². The van der Waals surface area contributed by atoms with E-state index in [2.05, 4.69) is 10.1 Å². The number of carbonyl (C=O) groups is 1. The first-order valence-corrected chi connectivity index (χ1v) is 9.93. The number of benzene rings is 2. The standard InChI is InChI=1S/C21H21N5O6/c1-3-14(2)24(21(27)16-5-4-6-18(13-16)26(30)31)12-11-19-22-20(23-32-19)15-7-9-17(10-8-15)25(28)29/h4-10,13-14H,3,11-12H2,1-2H3/t14-/m1/s1. The van der Waals surface area contributed by atoms with Crippen LogP contribution in [0.3, 0.4) is 0 Å². The van der Waals surface area contributed by atoms with Crippen LogP contribution >= 0.6 is 0 Å². The van der Waals surface area contributed by atoms with Crippen molar-refractivity contribution in [1.29, 1.82) is 0 Å². The molecule has 0 radical (unpaired) electrons. The largest absolute Gasteiger partial charge is 0.339 e. The molecule has 166 valence electrons. The highest BCUT2D eigenvalue weighted by Gasteiger charge is 2.23. The molecule has 0 saturated heterocycles. The second-order valence-electron chi connectivity index (χ2n) is 7.13. The predicted molar refractivity (Wildman–Crippen MR) is 114 cm³/mol. The molecule has 3 aromatic rings. The van der Waals surface area contributed by atoms with Crippen molar-refractivity contribution in [3.05, 3.63) is 80.2 Å². The number of nitro benzene ring substituents is 2. The van der Waals surface area contributed by atoms with Crippen LogP contribution in [-0.2, 0) is 6.42 Å². The Morgan fingerprint density at radius 1 is 1.09 bits per heavy atom. The molecule has 11 nitrogen and oxygen atoms in total. The number of aromatic nitrogens is 2. The van der Waals surface area contributed by atoms with Crippen LogP contribution in [0.4, 0.5) is 11.4 Å². The lowest BCUT2D eigenvalue weighted by Crippen LogP contribution is -2.39. The fourth-order valence-electron chi connectivity index (χ4n) is 3.08. The van der Waals surface area contributed by atoms with Crippen LogP contribution in [0.5, 0.6) is 0 Å². The van der Waals surface area contributed by atoms with E-state index in [1.165, 1.54) is 42.5 Å². The van der Waals surface area contributed by atoms with Gasteiger partial charge in [0.15, 0.2) is 0 Å². The number of rotatable bonds is 9. The van der Waals surface area contributed by atoms with E-state index in [9.17, 15) is 25.0 Å². The summed E-state index contributed by atoms with van der Waals surface area (Å²) in [6, 6.07) is 11.3. The van der Waals surface area contributed by atoms with Crippen molar-refractivity contribution in [2.24, 2.45) is 0 Å². The van der Waals surface area contributed by atoms with Crippen molar-refractivity contribution in [2.45, 2.75) is 32.7 Å². The highest BCUT2D eigenvalue weighted by molar-refractivity contribution is 5.95. The summed E-state index contributed by atoms with van der Waals surface area (Å²) in [7, 11) is 0. The monoisotopic (exact) mass is 439 g/mol. The van der Waals surface area contributed by atoms with Gasteiger partial charge in [-0.1, -0.05) is 18.1 Å². The highest BCUT2D eigenvalue weighted by Crippen LogP contribution is 2.21. The number of hydrogen-bond donors (Lipinski definition) is 0. The summed E-state index contributed by atoms with van der Waals surface area (Å²) in [5.74, 6) is 0.270. The van der Waals surface area contributed by atoms with Crippen molar-refractivity contribution >= 4 is 17.3 Å². The Labute approximate surface area is 183 Å². The molecule has 1 aromatic heterocycles. The van der Waals surface area contributed by atoms with Crippen molar-refractivity contribution in [2.75, 3.05) is 6.54 Å². The second kappa shape index (κ2) is 9.77. The van der Waals surface area contributed by atoms with Gasteiger partial charge in [-0.25, -0.2) is 0 Å². The van der Waals surface area contributed by atoms with Gasteiger partial charge in [-0.15, -0.1) is 0 Å². The fraction of sp³-hybridized carbons (Fsp3) is 0.286. The minimum atomic E-state index is -0.539. The molecular weight excluding hydrogens is 418 g/mol. The minimum absolute atomic E-state index is 0.0404. The van der Waals surface area contributed by atoms with E-state index in [0.717, 1.165) is 0 Å². The van der Waals surface area contributed by atoms with Gasteiger partial charge in [0.2, 0.25) is 11.7 Å². The molecule has 0 unspecified atom stereocenters. The normalized spacial score (nSPS) is 11.7. The maximum absolute atomic E-state index is 13.0. The van der Waals surface area contributed by atoms with E-state index < -0.39 is 9.85 Å². The molecule has 11 heteroatoms. The summed E-state index contributed by atoms with van der Waals surface area (Å²) in [6.07, 6.45) is 0.976. The van der Waals surface area contributed by atoms with Gasteiger partial charge >= 0.3 is 0 Å². The van der Waals surface area contributed by atoms with Crippen LogP contribution in [0.15, 0.2) is 53.1 Å². The summed E-state index contributed by atoms with van der Waals surface area (Å²) in [6.45, 7) is 4.11. The number of nitro groups is 2. The first-order chi connectivity index (χ1) is 15.3. The van der Waals surface area contributed by atoms with Crippen LogP contribution in [0.25, 0.3) is 11.4 Å². The first kappa shape index (κ1) is 22.5. The van der Waals surface area contributed by atoms with Crippen molar-refractivity contribution in [3.63, 3.8) is 0 Å². The zero-order chi connectivity index (χ0) is 23.3. The Hall–Kier alpha value is -4.15. The summed E-state index contributed by atoms with van der Waals surface area (Å²) in [5, 5.41) is 25.7. The molecule has 32 heavy (non-hydrogen) atoms. The third-order valence-electron chi connectivity index (χ3n) is 5.06. The molecule has 1 heterocycles. The fourth-order valence-corrected chi connectivity index (χ4v) is 3.08. The molecular formula is C21H21N5O6. The Morgan fingerprint density at radius 2 is 1.78 bits per heavy atom. The quantitative estimate of drug-likeness (QED) is 0.359. The van der Waals surface area contributed by atoms with Crippen LogP contribution in [-0.4, -0.2) is 43.4 Å². The molecule has 0 aliphatic rings. The average molecular weight is 439 g/mol. The summed E-state index contributed by atoms with van der Waals surface area (Å²) in [4.78, 5) is 39.7. The van der Waals surface area contributed by atoms with E-state index in [1.54, 1.807) is 11.0 Å². The molecule has 0 aliphatic heterocycles. The van der Waals surface area contributed by atoms with E-state index in [0.29, 0.717) is 17.9 Å². The van der Waals surface area contributed by atoms with Gasteiger partial charge in [-0.2, -0.15) is 4.98 Å². The van der Waals surface area contributed by atoms with Crippen LogP contribution in [0.1, 0.15) is 36.5 Å². The Morgan fingerprint density at radius 3 is 2.41 bits per heavy atom. The summed E-state index contributed by atoms with van der Waals surface area (Å²) < 4.78 is 5.27. The average Bonchev–Trinajstić information content (AvgIpc) is 3.28. The Balaban J connectivity index is 1.74. The smallest absolute Gasteiger partial charge is 0.270 e. The highest BCUT2D eigenvalue weighted by atomic mass is 16.6. The number of non-ortho nitro benzene ring substituents is 2. The van der Waals surface area contributed by atoms with Crippen LogP contribution in [0, 0.1) is 20.2 Å². The molecule has 0 aliphatic carbocycles. The van der Waals surface area contributed by atoms with Crippen molar-refractivity contribution in [1.82, 2.24) is 15.0 Å². The molecule has 1 amide bonds. The van der Waals surface area contributed by atoms with Gasteiger partial charge < -0.3 is 9.42 Å². The Bertz CT molecular complexity index is 1130. The topological polar surface area (TPSA) is 146 Å². The third-order valence-corrected chi connectivity index (χ3v) is 5.06. The van der Waals surface area contributed by atoms with Gasteiger partial charge in [0.1, 0.15) is 0 Å². The lowest BCUT2D eigenvalue weighted by atomic mass is 10.1. The van der Waals surface area contributed by atoms with Gasteiger partial charge in [0.05, 0.1) is 9.85 Å². The maximum Gasteiger partial charge on any atom is 0.270 e. The minimum Gasteiger partial charge on any atom is -0.339 e. The SMILES string of the molecule is CC[C@@H](C)N(CCc1nc(-c2ccc([N+](=O)[O-])cc2)no1)C(=O)c1cccc([N+](=O)[O-])c1. The molecule has 3 rings (SSSR count). The van der Waals surface area contributed by atoms with Crippen LogP contribution < -0.4 is 0 Å². The van der Waals surface area contributed by atoms with Gasteiger partial charge in [0, 0.05) is 54.4 Å². The van der Waals surface area contributed by atoms with E-state index in [4.69, 9.17) is 4.52 Å².